The molecule has 1 heterocycles. The van der Waals surface area contributed by atoms with E-state index in [0.717, 1.165) is 32.3 Å². The zero-order valence-electron chi connectivity index (χ0n) is 11.3. The first-order chi connectivity index (χ1) is 8.21. The lowest BCUT2D eigenvalue weighted by molar-refractivity contribution is -0.150. The minimum absolute atomic E-state index is 0.182. The smallest absolute Gasteiger partial charge is 0.0724 e. The van der Waals surface area contributed by atoms with Crippen LogP contribution in [0.4, 0.5) is 0 Å². The quantitative estimate of drug-likeness (QED) is 0.804. The topological polar surface area (TPSA) is 44.5 Å². The largest absolute Gasteiger partial charge is 0.380 e. The fourth-order valence-corrected chi connectivity index (χ4v) is 3.37. The van der Waals surface area contributed by atoms with Crippen molar-refractivity contribution in [1.82, 2.24) is 0 Å². The highest BCUT2D eigenvalue weighted by Crippen LogP contribution is 2.45. The van der Waals surface area contributed by atoms with E-state index in [1.54, 1.807) is 7.11 Å². The van der Waals surface area contributed by atoms with Crippen LogP contribution in [0.2, 0.25) is 0 Å². The van der Waals surface area contributed by atoms with E-state index in [1.165, 1.54) is 19.3 Å². The first-order valence-corrected chi connectivity index (χ1v) is 7.13. The normalized spacial score (nSPS) is 30.9. The highest BCUT2D eigenvalue weighted by molar-refractivity contribution is 4.97. The lowest BCUT2D eigenvalue weighted by Gasteiger charge is -2.49. The van der Waals surface area contributed by atoms with Crippen LogP contribution in [0.3, 0.4) is 0 Å². The monoisotopic (exact) mass is 241 g/mol. The summed E-state index contributed by atoms with van der Waals surface area (Å²) in [4.78, 5) is 0. The second-order valence-electron chi connectivity index (χ2n) is 5.78. The Morgan fingerprint density at radius 3 is 2.76 bits per heavy atom. The van der Waals surface area contributed by atoms with Crippen LogP contribution in [-0.4, -0.2) is 31.5 Å². The van der Waals surface area contributed by atoms with Crippen molar-refractivity contribution in [3.8, 4) is 0 Å². The van der Waals surface area contributed by atoms with Gasteiger partial charge in [-0.25, -0.2) is 0 Å². The van der Waals surface area contributed by atoms with Crippen LogP contribution in [0.15, 0.2) is 0 Å². The summed E-state index contributed by atoms with van der Waals surface area (Å²) < 4.78 is 11.5. The lowest BCUT2D eigenvalue weighted by atomic mass is 9.70. The van der Waals surface area contributed by atoms with Gasteiger partial charge in [0.1, 0.15) is 0 Å². The average molecular weight is 241 g/mol. The van der Waals surface area contributed by atoms with E-state index >= 15 is 0 Å². The molecular weight excluding hydrogens is 214 g/mol. The second kappa shape index (κ2) is 5.68. The number of hydrogen-bond donors (Lipinski definition) is 1. The molecule has 1 aliphatic heterocycles. The molecule has 1 aliphatic carbocycles. The molecule has 1 saturated heterocycles. The van der Waals surface area contributed by atoms with Gasteiger partial charge in [0.25, 0.3) is 0 Å². The third-order valence-electron chi connectivity index (χ3n) is 4.65. The first-order valence-electron chi connectivity index (χ1n) is 7.13. The Kier molecular flexibility index (Phi) is 4.45. The van der Waals surface area contributed by atoms with Crippen LogP contribution in [0.5, 0.6) is 0 Å². The Hall–Kier alpha value is -0.120. The molecule has 3 atom stereocenters. The van der Waals surface area contributed by atoms with Gasteiger partial charge < -0.3 is 15.2 Å². The summed E-state index contributed by atoms with van der Waals surface area (Å²) in [5, 5.41) is 0. The molecule has 2 fully saturated rings. The molecule has 1 saturated carbocycles. The summed E-state index contributed by atoms with van der Waals surface area (Å²) in [7, 11) is 1.79. The van der Waals surface area contributed by atoms with E-state index in [-0.39, 0.29) is 17.7 Å². The predicted octanol–water partition coefficient (Wildman–Crippen LogP) is 2.48. The Morgan fingerprint density at radius 1 is 1.47 bits per heavy atom. The van der Waals surface area contributed by atoms with E-state index in [4.69, 9.17) is 15.2 Å². The third kappa shape index (κ3) is 2.83. The summed E-state index contributed by atoms with van der Waals surface area (Å²) in [6.45, 7) is 3.08. The van der Waals surface area contributed by atoms with Crippen molar-refractivity contribution in [3.63, 3.8) is 0 Å². The van der Waals surface area contributed by atoms with E-state index in [2.05, 4.69) is 6.92 Å². The Balaban J connectivity index is 1.91. The summed E-state index contributed by atoms with van der Waals surface area (Å²) in [5.74, 6) is 0.584. The third-order valence-corrected chi connectivity index (χ3v) is 4.65. The molecular formula is C14H27NO2. The van der Waals surface area contributed by atoms with Crippen molar-refractivity contribution in [1.29, 1.82) is 0 Å². The van der Waals surface area contributed by atoms with Crippen molar-refractivity contribution < 1.29 is 9.47 Å². The zero-order valence-corrected chi connectivity index (χ0v) is 11.3. The molecule has 2 rings (SSSR count). The molecule has 0 aromatic heterocycles. The van der Waals surface area contributed by atoms with Crippen molar-refractivity contribution >= 4 is 0 Å². The van der Waals surface area contributed by atoms with Crippen LogP contribution in [0.1, 0.15) is 51.9 Å². The molecule has 0 aromatic carbocycles. The van der Waals surface area contributed by atoms with Crippen molar-refractivity contribution in [3.05, 3.63) is 0 Å². The van der Waals surface area contributed by atoms with Crippen LogP contribution in [0, 0.1) is 5.92 Å². The molecule has 1 spiro atoms. The highest BCUT2D eigenvalue weighted by atomic mass is 16.5. The van der Waals surface area contributed by atoms with Crippen molar-refractivity contribution in [2.75, 3.05) is 13.7 Å². The van der Waals surface area contributed by atoms with Gasteiger partial charge >= 0.3 is 0 Å². The van der Waals surface area contributed by atoms with Gasteiger partial charge in [-0.2, -0.15) is 0 Å². The molecule has 2 N–H and O–H groups in total. The molecule has 0 radical (unpaired) electrons. The van der Waals surface area contributed by atoms with Crippen LogP contribution < -0.4 is 5.73 Å². The fourth-order valence-electron chi connectivity index (χ4n) is 3.37. The molecule has 2 aliphatic rings. The molecule has 100 valence electrons. The number of ether oxygens (including phenoxy) is 2. The SMILES string of the molecule is CCCC(OC)C(N)C1CCOC2(CCC2)C1. The van der Waals surface area contributed by atoms with E-state index in [9.17, 15) is 0 Å². The molecule has 0 amide bonds. The van der Waals surface area contributed by atoms with Gasteiger partial charge in [0.05, 0.1) is 11.7 Å². The summed E-state index contributed by atoms with van der Waals surface area (Å²) in [5.41, 5.74) is 6.61. The maximum Gasteiger partial charge on any atom is 0.0724 e. The van der Waals surface area contributed by atoms with Gasteiger partial charge in [-0.15, -0.1) is 0 Å². The van der Waals surface area contributed by atoms with E-state index < -0.39 is 0 Å². The maximum atomic E-state index is 6.41. The van der Waals surface area contributed by atoms with Gasteiger partial charge in [0.2, 0.25) is 0 Å². The van der Waals surface area contributed by atoms with Gasteiger partial charge in [-0.1, -0.05) is 13.3 Å². The summed E-state index contributed by atoms with van der Waals surface area (Å²) >= 11 is 0. The minimum atomic E-state index is 0.182. The number of methoxy groups -OCH3 is 1. The Labute approximate surface area is 105 Å². The van der Waals surface area contributed by atoms with Crippen LogP contribution in [0.25, 0.3) is 0 Å². The molecule has 3 nitrogen and oxygen atoms in total. The van der Waals surface area contributed by atoms with E-state index in [1.807, 2.05) is 0 Å². The molecule has 17 heavy (non-hydrogen) atoms. The standard InChI is InChI=1S/C14H27NO2/c1-3-5-12(16-2)13(15)11-6-9-17-14(10-11)7-4-8-14/h11-13H,3-10,15H2,1-2H3. The summed E-state index contributed by atoms with van der Waals surface area (Å²) in [6, 6.07) is 0.182. The van der Waals surface area contributed by atoms with Crippen molar-refractivity contribution in [2.45, 2.75) is 69.6 Å². The highest BCUT2D eigenvalue weighted by Gasteiger charge is 2.44. The van der Waals surface area contributed by atoms with Gasteiger partial charge in [-0.3, -0.25) is 0 Å². The Bertz CT molecular complexity index is 240. The van der Waals surface area contributed by atoms with Crippen molar-refractivity contribution in [2.24, 2.45) is 11.7 Å². The second-order valence-corrected chi connectivity index (χ2v) is 5.78. The fraction of sp³-hybridized carbons (Fsp3) is 1.00. The predicted molar refractivity (Wildman–Crippen MR) is 68.9 cm³/mol. The first kappa shape index (κ1) is 13.3. The average Bonchev–Trinajstić information content (AvgIpc) is 2.33. The maximum absolute atomic E-state index is 6.41. The van der Waals surface area contributed by atoms with Crippen LogP contribution in [-0.2, 0) is 9.47 Å². The van der Waals surface area contributed by atoms with Gasteiger partial charge in [0.15, 0.2) is 0 Å². The molecule has 0 aromatic rings. The Morgan fingerprint density at radius 2 is 2.24 bits per heavy atom. The zero-order chi connectivity index (χ0) is 12.3. The van der Waals surface area contributed by atoms with Gasteiger partial charge in [0, 0.05) is 19.8 Å². The van der Waals surface area contributed by atoms with Crippen LogP contribution >= 0.6 is 0 Å². The number of rotatable bonds is 5. The van der Waals surface area contributed by atoms with E-state index in [0.29, 0.717) is 5.92 Å². The molecule has 3 heteroatoms. The van der Waals surface area contributed by atoms with Gasteiger partial charge in [-0.05, 0) is 44.4 Å². The lowest BCUT2D eigenvalue weighted by Crippen LogP contribution is -2.52. The molecule has 3 unspecified atom stereocenters. The number of hydrogen-bond acceptors (Lipinski definition) is 3. The minimum Gasteiger partial charge on any atom is -0.380 e. The number of nitrogens with two attached hydrogens (primary N) is 1. The summed E-state index contributed by atoms with van der Waals surface area (Å²) in [6.07, 6.45) is 8.49. The molecule has 0 bridgehead atoms.